The Morgan fingerprint density at radius 3 is 2.91 bits per heavy atom. The molecule has 2 aliphatic rings. The van der Waals surface area contributed by atoms with Crippen LogP contribution in [-0.2, 0) is 6.54 Å². The number of halogens is 1. The van der Waals surface area contributed by atoms with E-state index in [2.05, 4.69) is 23.8 Å². The van der Waals surface area contributed by atoms with E-state index >= 15 is 0 Å². The fourth-order valence-electron chi connectivity index (χ4n) is 2.74. The molecule has 2 aliphatic heterocycles. The van der Waals surface area contributed by atoms with Gasteiger partial charge in [0.25, 0.3) is 5.69 Å². The number of hydrogen-bond donors (Lipinski definition) is 0. The summed E-state index contributed by atoms with van der Waals surface area (Å²) in [5, 5.41) is 15.5. The van der Waals surface area contributed by atoms with Crippen molar-refractivity contribution in [3.8, 4) is 0 Å². The van der Waals surface area contributed by atoms with Gasteiger partial charge in [-0.15, -0.1) is 0 Å². The largest absolute Gasteiger partial charge is 0.269 e. The standard InChI is InChI=1S/C16H17ClN4O2/c1-11(2)14-10-19(20-7-6-15(17)18-16(14)20)9-12-4-3-5-13(8-12)21(22)23/h3-8,11H,9-10H2,1-2H3. The number of fused-ring (bicyclic) bond motifs is 1. The SMILES string of the molecule is CC(C)C1=C2N=C(Cl)C=CN2N(Cc2cccc([N+](=O)[O-])c2)C1. The van der Waals surface area contributed by atoms with E-state index in [1.54, 1.807) is 18.2 Å². The Kier molecular flexibility index (Phi) is 4.19. The second-order valence-electron chi connectivity index (χ2n) is 5.85. The number of rotatable bonds is 4. The zero-order valence-electron chi connectivity index (χ0n) is 12.9. The number of hydrazine groups is 1. The Labute approximate surface area is 139 Å². The number of aliphatic imine (C=N–C) groups is 1. The maximum atomic E-state index is 10.9. The molecule has 6 nitrogen and oxygen atoms in total. The number of hydrogen-bond acceptors (Lipinski definition) is 5. The molecule has 0 saturated carbocycles. The van der Waals surface area contributed by atoms with Gasteiger partial charge in [0.1, 0.15) is 11.0 Å². The first-order valence-corrected chi connectivity index (χ1v) is 7.76. The zero-order valence-corrected chi connectivity index (χ0v) is 13.7. The number of nitro groups is 1. The van der Waals surface area contributed by atoms with Crippen molar-refractivity contribution in [2.24, 2.45) is 10.9 Å². The van der Waals surface area contributed by atoms with E-state index in [-0.39, 0.29) is 10.6 Å². The highest BCUT2D eigenvalue weighted by Gasteiger charge is 2.31. The number of nitrogens with zero attached hydrogens (tertiary/aromatic N) is 4. The Balaban J connectivity index is 1.85. The van der Waals surface area contributed by atoms with Crippen LogP contribution in [0.4, 0.5) is 5.69 Å². The summed E-state index contributed by atoms with van der Waals surface area (Å²) < 4.78 is 0. The molecule has 2 heterocycles. The van der Waals surface area contributed by atoms with Crippen molar-refractivity contribution in [3.05, 3.63) is 63.6 Å². The molecule has 3 rings (SSSR count). The molecule has 1 aromatic rings. The minimum absolute atomic E-state index is 0.106. The van der Waals surface area contributed by atoms with E-state index in [1.807, 2.05) is 17.3 Å². The Morgan fingerprint density at radius 2 is 2.22 bits per heavy atom. The first kappa shape index (κ1) is 15.7. The summed E-state index contributed by atoms with van der Waals surface area (Å²) >= 11 is 6.03. The van der Waals surface area contributed by atoms with Crippen LogP contribution in [0.5, 0.6) is 0 Å². The van der Waals surface area contributed by atoms with Crippen LogP contribution < -0.4 is 0 Å². The molecule has 0 aliphatic carbocycles. The second kappa shape index (κ2) is 6.14. The summed E-state index contributed by atoms with van der Waals surface area (Å²) in [6, 6.07) is 6.71. The molecule has 0 saturated heterocycles. The van der Waals surface area contributed by atoms with Crippen molar-refractivity contribution in [3.63, 3.8) is 0 Å². The first-order chi connectivity index (χ1) is 11.0. The molecule has 1 aromatic carbocycles. The quantitative estimate of drug-likeness (QED) is 0.623. The van der Waals surface area contributed by atoms with E-state index in [0.717, 1.165) is 17.9 Å². The Bertz CT molecular complexity index is 739. The van der Waals surface area contributed by atoms with Crippen molar-refractivity contribution >= 4 is 22.5 Å². The van der Waals surface area contributed by atoms with Crippen LogP contribution in [0.2, 0.25) is 0 Å². The van der Waals surface area contributed by atoms with Gasteiger partial charge in [-0.2, -0.15) is 0 Å². The van der Waals surface area contributed by atoms with Gasteiger partial charge in [-0.3, -0.25) is 15.1 Å². The first-order valence-electron chi connectivity index (χ1n) is 7.38. The molecular weight excluding hydrogens is 316 g/mol. The molecule has 0 bridgehead atoms. The summed E-state index contributed by atoms with van der Waals surface area (Å²) in [7, 11) is 0. The monoisotopic (exact) mass is 332 g/mol. The summed E-state index contributed by atoms with van der Waals surface area (Å²) in [6.07, 6.45) is 3.63. The molecule has 0 N–H and O–H groups in total. The fourth-order valence-corrected chi connectivity index (χ4v) is 2.87. The maximum absolute atomic E-state index is 10.9. The summed E-state index contributed by atoms with van der Waals surface area (Å²) in [5.74, 6) is 1.21. The Morgan fingerprint density at radius 1 is 1.43 bits per heavy atom. The molecule has 0 amide bonds. The van der Waals surface area contributed by atoms with Gasteiger partial charge >= 0.3 is 0 Å². The molecular formula is C16H17ClN4O2. The van der Waals surface area contributed by atoms with E-state index in [9.17, 15) is 10.1 Å². The molecule has 23 heavy (non-hydrogen) atoms. The fraction of sp³-hybridized carbons (Fsp3) is 0.312. The Hall–Kier alpha value is -2.18. The maximum Gasteiger partial charge on any atom is 0.269 e. The van der Waals surface area contributed by atoms with Gasteiger partial charge in [0.15, 0.2) is 0 Å². The third-order valence-corrected chi connectivity index (χ3v) is 4.12. The van der Waals surface area contributed by atoms with Crippen LogP contribution in [0.25, 0.3) is 0 Å². The van der Waals surface area contributed by atoms with Gasteiger partial charge in [0.05, 0.1) is 4.92 Å². The highest BCUT2D eigenvalue weighted by molar-refractivity contribution is 6.68. The summed E-state index contributed by atoms with van der Waals surface area (Å²) in [5.41, 5.74) is 2.20. The van der Waals surface area contributed by atoms with E-state index < -0.39 is 0 Å². The lowest BCUT2D eigenvalue weighted by Crippen LogP contribution is -2.34. The summed E-state index contributed by atoms with van der Waals surface area (Å²) in [4.78, 5) is 15.0. The van der Waals surface area contributed by atoms with Crippen molar-refractivity contribution in [2.45, 2.75) is 20.4 Å². The molecule has 0 radical (unpaired) electrons. The molecule has 0 aromatic heterocycles. The van der Waals surface area contributed by atoms with Crippen LogP contribution in [0, 0.1) is 16.0 Å². The van der Waals surface area contributed by atoms with Gasteiger partial charge in [-0.25, -0.2) is 10.0 Å². The number of nitro benzene ring substituents is 1. The normalized spacial score (nSPS) is 17.7. The average molecular weight is 333 g/mol. The van der Waals surface area contributed by atoms with Crippen LogP contribution in [0.15, 0.2) is 52.9 Å². The van der Waals surface area contributed by atoms with Crippen molar-refractivity contribution in [1.82, 2.24) is 10.0 Å². The number of allylic oxidation sites excluding steroid dienone is 1. The molecule has 120 valence electrons. The lowest BCUT2D eigenvalue weighted by atomic mass is 10.0. The minimum atomic E-state index is -0.373. The molecule has 0 unspecified atom stereocenters. The van der Waals surface area contributed by atoms with Crippen molar-refractivity contribution in [2.75, 3.05) is 6.54 Å². The van der Waals surface area contributed by atoms with E-state index in [0.29, 0.717) is 17.6 Å². The predicted molar refractivity (Wildman–Crippen MR) is 89.6 cm³/mol. The number of benzene rings is 1. The van der Waals surface area contributed by atoms with E-state index in [1.165, 1.54) is 11.6 Å². The predicted octanol–water partition coefficient (Wildman–Crippen LogP) is 3.66. The second-order valence-corrected chi connectivity index (χ2v) is 6.24. The van der Waals surface area contributed by atoms with Crippen molar-refractivity contribution in [1.29, 1.82) is 0 Å². The van der Waals surface area contributed by atoms with Gasteiger partial charge in [0.2, 0.25) is 0 Å². The third kappa shape index (κ3) is 3.13. The average Bonchev–Trinajstić information content (AvgIpc) is 2.85. The highest BCUT2D eigenvalue weighted by Crippen LogP contribution is 2.33. The topological polar surface area (TPSA) is 62.0 Å². The van der Waals surface area contributed by atoms with Gasteiger partial charge < -0.3 is 0 Å². The molecule has 0 spiro atoms. The molecule has 0 fully saturated rings. The van der Waals surface area contributed by atoms with Crippen LogP contribution in [0.1, 0.15) is 19.4 Å². The van der Waals surface area contributed by atoms with Gasteiger partial charge in [0, 0.05) is 31.4 Å². The van der Waals surface area contributed by atoms with Crippen LogP contribution >= 0.6 is 11.6 Å². The van der Waals surface area contributed by atoms with Gasteiger partial charge in [-0.05, 0) is 23.1 Å². The lowest BCUT2D eigenvalue weighted by molar-refractivity contribution is -0.384. The lowest BCUT2D eigenvalue weighted by Gasteiger charge is -2.29. The van der Waals surface area contributed by atoms with Gasteiger partial charge in [-0.1, -0.05) is 37.6 Å². The van der Waals surface area contributed by atoms with Crippen molar-refractivity contribution < 1.29 is 4.92 Å². The summed E-state index contributed by atoms with van der Waals surface area (Å²) in [6.45, 7) is 5.55. The minimum Gasteiger partial charge on any atom is -0.264 e. The third-order valence-electron chi connectivity index (χ3n) is 3.91. The van der Waals surface area contributed by atoms with E-state index in [4.69, 9.17) is 11.6 Å². The molecule has 7 heteroatoms. The van der Waals surface area contributed by atoms with Crippen LogP contribution in [0.3, 0.4) is 0 Å². The highest BCUT2D eigenvalue weighted by atomic mass is 35.5. The van der Waals surface area contributed by atoms with Crippen LogP contribution in [-0.4, -0.2) is 26.7 Å². The zero-order chi connectivity index (χ0) is 16.6. The number of non-ortho nitro benzene ring substituents is 1. The smallest absolute Gasteiger partial charge is 0.264 e. The molecule has 0 atom stereocenters.